The quantitative estimate of drug-likeness (QED) is 0.311. The number of nitrogens with two attached hydrogens (primary N) is 1. The zero-order chi connectivity index (χ0) is 25.5. The van der Waals surface area contributed by atoms with Gasteiger partial charge in [0.2, 0.25) is 0 Å². The van der Waals surface area contributed by atoms with Gasteiger partial charge in [-0.25, -0.2) is 15.0 Å². The van der Waals surface area contributed by atoms with Crippen LogP contribution in [0.5, 0.6) is 0 Å². The molecule has 2 aliphatic heterocycles. The first-order valence-electron chi connectivity index (χ1n) is 12.7. The molecule has 1 aromatic carbocycles. The molecule has 5 rings (SSSR count). The third-order valence-electron chi connectivity index (χ3n) is 6.60. The summed E-state index contributed by atoms with van der Waals surface area (Å²) >= 11 is 0. The van der Waals surface area contributed by atoms with E-state index in [0.717, 1.165) is 56.9 Å². The van der Waals surface area contributed by atoms with Gasteiger partial charge in [-0.15, -0.1) is 0 Å². The van der Waals surface area contributed by atoms with E-state index in [1.54, 1.807) is 12.4 Å². The fourth-order valence-corrected chi connectivity index (χ4v) is 4.53. The van der Waals surface area contributed by atoms with Crippen LogP contribution in [0.1, 0.15) is 23.2 Å². The molecule has 0 aliphatic carbocycles. The smallest absolute Gasteiger partial charge is 0.259 e. The van der Waals surface area contributed by atoms with Crippen molar-refractivity contribution in [2.75, 3.05) is 72.5 Å². The van der Waals surface area contributed by atoms with Gasteiger partial charge in [-0.2, -0.15) is 0 Å². The summed E-state index contributed by atoms with van der Waals surface area (Å²) in [5, 5.41) is 13.1. The Morgan fingerprint density at radius 2 is 1.86 bits per heavy atom. The van der Waals surface area contributed by atoms with Crippen LogP contribution in [0.2, 0.25) is 0 Å². The molecule has 194 valence electrons. The number of ether oxygens (including phenoxy) is 1. The second-order valence-electron chi connectivity index (χ2n) is 9.24. The van der Waals surface area contributed by atoms with Crippen LogP contribution in [0.25, 0.3) is 0 Å². The molecule has 11 heteroatoms. The van der Waals surface area contributed by atoms with Gasteiger partial charge < -0.3 is 36.6 Å². The van der Waals surface area contributed by atoms with E-state index in [9.17, 15) is 4.79 Å². The molecular formula is C26H33N9O2. The van der Waals surface area contributed by atoms with Crippen molar-refractivity contribution in [2.24, 2.45) is 5.92 Å². The molecule has 3 aromatic rings. The summed E-state index contributed by atoms with van der Waals surface area (Å²) < 4.78 is 5.46. The predicted octanol–water partition coefficient (Wildman–Crippen LogP) is 2.70. The number of hydrogen-bond donors (Lipinski definition) is 5. The molecule has 2 saturated heterocycles. The molecule has 37 heavy (non-hydrogen) atoms. The summed E-state index contributed by atoms with van der Waals surface area (Å²) in [4.78, 5) is 28.4. The largest absolute Gasteiger partial charge is 0.384 e. The molecule has 1 amide bonds. The number of nitrogens with one attached hydrogen (secondary N) is 4. The number of hydrogen-bond acceptors (Lipinski definition) is 10. The van der Waals surface area contributed by atoms with Crippen LogP contribution in [0.4, 0.5) is 34.5 Å². The van der Waals surface area contributed by atoms with E-state index in [0.29, 0.717) is 47.8 Å². The standard InChI is InChI=1S/C26H33N9O2/c27-23-16-32-25(17-30-23)34-24-13-22(29-14-18-4-6-28-7-5-18)21(15-31-24)26(36)33-19-2-1-3-20(12-19)35-8-10-37-11-9-35/h1-3,12-13,15-18,28H,4-11,14H2,(H2,27,30)(H,33,36)(H2,29,31,32,34). The van der Waals surface area contributed by atoms with Gasteiger partial charge in [0.15, 0.2) is 0 Å². The first-order valence-corrected chi connectivity index (χ1v) is 12.7. The maximum Gasteiger partial charge on any atom is 0.259 e. The maximum atomic E-state index is 13.4. The summed E-state index contributed by atoms with van der Waals surface area (Å²) in [6.07, 6.45) is 6.80. The average Bonchev–Trinajstić information content (AvgIpc) is 2.94. The first kappa shape index (κ1) is 24.7. The van der Waals surface area contributed by atoms with Crippen LogP contribution in [-0.2, 0) is 4.74 Å². The fourth-order valence-electron chi connectivity index (χ4n) is 4.53. The molecule has 0 radical (unpaired) electrons. The molecule has 0 saturated carbocycles. The molecule has 2 aliphatic rings. The van der Waals surface area contributed by atoms with Gasteiger partial charge in [0.05, 0.1) is 36.9 Å². The summed E-state index contributed by atoms with van der Waals surface area (Å²) in [6, 6.07) is 9.73. The van der Waals surface area contributed by atoms with Crippen molar-refractivity contribution in [3.05, 3.63) is 54.5 Å². The number of benzene rings is 1. The van der Waals surface area contributed by atoms with Gasteiger partial charge in [-0.1, -0.05) is 6.07 Å². The van der Waals surface area contributed by atoms with E-state index in [-0.39, 0.29) is 5.91 Å². The van der Waals surface area contributed by atoms with Crippen molar-refractivity contribution in [1.82, 2.24) is 20.3 Å². The van der Waals surface area contributed by atoms with Gasteiger partial charge >= 0.3 is 0 Å². The molecule has 11 nitrogen and oxygen atoms in total. The van der Waals surface area contributed by atoms with Crippen molar-refractivity contribution in [1.29, 1.82) is 0 Å². The number of amides is 1. The Balaban J connectivity index is 1.34. The number of pyridine rings is 1. The number of carbonyl (C=O) groups excluding carboxylic acids is 1. The Bertz CT molecular complexity index is 1190. The Morgan fingerprint density at radius 1 is 1.05 bits per heavy atom. The van der Waals surface area contributed by atoms with Crippen molar-refractivity contribution >= 4 is 40.4 Å². The highest BCUT2D eigenvalue weighted by molar-refractivity contribution is 6.08. The van der Waals surface area contributed by atoms with Crippen molar-refractivity contribution in [3.63, 3.8) is 0 Å². The Labute approximate surface area is 216 Å². The molecule has 2 fully saturated rings. The molecule has 6 N–H and O–H groups in total. The minimum atomic E-state index is -0.224. The predicted molar refractivity (Wildman–Crippen MR) is 145 cm³/mol. The second kappa shape index (κ2) is 11.8. The first-order chi connectivity index (χ1) is 18.1. The number of piperidine rings is 1. The lowest BCUT2D eigenvalue weighted by molar-refractivity contribution is 0.102. The molecule has 4 heterocycles. The molecule has 0 atom stereocenters. The average molecular weight is 504 g/mol. The number of carbonyl (C=O) groups is 1. The minimum Gasteiger partial charge on any atom is -0.384 e. The Kier molecular flexibility index (Phi) is 7.92. The van der Waals surface area contributed by atoms with Gasteiger partial charge in [-0.3, -0.25) is 4.79 Å². The highest BCUT2D eigenvalue weighted by atomic mass is 16.5. The molecule has 2 aromatic heterocycles. The van der Waals surface area contributed by atoms with Gasteiger partial charge in [0, 0.05) is 43.3 Å². The van der Waals surface area contributed by atoms with Crippen LogP contribution >= 0.6 is 0 Å². The lowest BCUT2D eigenvalue weighted by Gasteiger charge is -2.29. The Morgan fingerprint density at radius 3 is 2.65 bits per heavy atom. The van der Waals surface area contributed by atoms with E-state index in [4.69, 9.17) is 10.5 Å². The third-order valence-corrected chi connectivity index (χ3v) is 6.60. The van der Waals surface area contributed by atoms with E-state index in [2.05, 4.69) is 47.2 Å². The van der Waals surface area contributed by atoms with Gasteiger partial charge in [-0.05, 0) is 50.0 Å². The van der Waals surface area contributed by atoms with E-state index in [1.807, 2.05) is 24.3 Å². The zero-order valence-corrected chi connectivity index (χ0v) is 20.7. The number of rotatable bonds is 8. The van der Waals surface area contributed by atoms with E-state index >= 15 is 0 Å². The molecular weight excluding hydrogens is 470 g/mol. The van der Waals surface area contributed by atoms with Crippen molar-refractivity contribution in [2.45, 2.75) is 12.8 Å². The monoisotopic (exact) mass is 503 g/mol. The maximum absolute atomic E-state index is 13.4. The van der Waals surface area contributed by atoms with Crippen LogP contribution in [0.3, 0.4) is 0 Å². The highest BCUT2D eigenvalue weighted by Crippen LogP contribution is 2.25. The topological polar surface area (TPSA) is 142 Å². The summed E-state index contributed by atoms with van der Waals surface area (Å²) in [6.45, 7) is 5.88. The number of nitrogens with zero attached hydrogens (tertiary/aromatic N) is 4. The van der Waals surface area contributed by atoms with Crippen LogP contribution in [0.15, 0.2) is 48.9 Å². The van der Waals surface area contributed by atoms with Gasteiger partial charge in [0.1, 0.15) is 17.5 Å². The lowest BCUT2D eigenvalue weighted by Crippen LogP contribution is -2.36. The number of aromatic nitrogens is 3. The highest BCUT2D eigenvalue weighted by Gasteiger charge is 2.18. The summed E-state index contributed by atoms with van der Waals surface area (Å²) in [5.41, 5.74) is 8.62. The fraction of sp³-hybridized carbons (Fsp3) is 0.385. The summed E-state index contributed by atoms with van der Waals surface area (Å²) in [7, 11) is 0. The minimum absolute atomic E-state index is 0.224. The molecule has 0 bridgehead atoms. The Hall–Kier alpha value is -3.96. The number of morpholine rings is 1. The molecule has 0 spiro atoms. The van der Waals surface area contributed by atoms with Crippen molar-refractivity contribution in [3.8, 4) is 0 Å². The number of anilines is 6. The van der Waals surface area contributed by atoms with Crippen LogP contribution < -0.4 is 31.9 Å². The van der Waals surface area contributed by atoms with E-state index in [1.165, 1.54) is 6.20 Å². The molecule has 0 unspecified atom stereocenters. The van der Waals surface area contributed by atoms with Gasteiger partial charge in [0.25, 0.3) is 5.91 Å². The summed E-state index contributed by atoms with van der Waals surface area (Å²) in [5.74, 6) is 1.72. The van der Waals surface area contributed by atoms with Crippen LogP contribution in [0, 0.1) is 5.92 Å². The second-order valence-corrected chi connectivity index (χ2v) is 9.24. The lowest BCUT2D eigenvalue weighted by atomic mass is 9.98. The van der Waals surface area contributed by atoms with Crippen LogP contribution in [-0.4, -0.2) is 66.8 Å². The number of nitrogen functional groups attached to an aromatic ring is 1. The zero-order valence-electron chi connectivity index (χ0n) is 20.7. The van der Waals surface area contributed by atoms with Crippen molar-refractivity contribution < 1.29 is 9.53 Å². The third kappa shape index (κ3) is 6.63. The SMILES string of the molecule is Nc1cnc(Nc2cc(NCC3CCNCC3)c(C(=O)Nc3cccc(N4CCOCC4)c3)cn2)cn1. The normalized spacial score (nSPS) is 16.3. The van der Waals surface area contributed by atoms with E-state index < -0.39 is 0 Å².